The molecule has 0 atom stereocenters. The molecule has 0 aromatic heterocycles. The number of hydroxylamine groups is 2. The van der Waals surface area contributed by atoms with E-state index in [4.69, 9.17) is 0 Å². The third-order valence-electron chi connectivity index (χ3n) is 5.97. The molecule has 0 heterocycles. The van der Waals surface area contributed by atoms with Crippen LogP contribution in [0.5, 0.6) is 0 Å². The monoisotopic (exact) mass is 389 g/mol. The van der Waals surface area contributed by atoms with E-state index >= 15 is 0 Å². The smallest absolute Gasteiger partial charge is 0.132 e. The fourth-order valence-corrected chi connectivity index (χ4v) is 4.07. The van der Waals surface area contributed by atoms with Gasteiger partial charge in [-0.3, -0.25) is 0 Å². The van der Waals surface area contributed by atoms with Gasteiger partial charge in [0.2, 0.25) is 0 Å². The van der Waals surface area contributed by atoms with Gasteiger partial charge in [0.25, 0.3) is 0 Å². The van der Waals surface area contributed by atoms with Gasteiger partial charge in [0.05, 0.1) is 13.1 Å². The largest absolute Gasteiger partial charge is 0.627 e. The average molecular weight is 390 g/mol. The lowest BCUT2D eigenvalue weighted by Gasteiger charge is -2.42. The Morgan fingerprint density at radius 3 is 1.29 bits per heavy atom. The lowest BCUT2D eigenvalue weighted by atomic mass is 10.1. The van der Waals surface area contributed by atoms with Gasteiger partial charge < -0.3 is 9.85 Å². The summed E-state index contributed by atoms with van der Waals surface area (Å²) < 4.78 is -0.119. The highest BCUT2D eigenvalue weighted by atomic mass is 16.5. The number of para-hydroxylation sites is 1. The van der Waals surface area contributed by atoms with Crippen molar-refractivity contribution >= 4 is 5.69 Å². The molecular weight excluding hydrogens is 342 g/mol. The SMILES string of the molecule is CCCCCCCCCC[N+]([O-])(CCCCCCCCCC)c1ccccc1. The molecule has 0 N–H and O–H groups in total. The second kappa shape index (κ2) is 17.0. The van der Waals surface area contributed by atoms with E-state index in [0.29, 0.717) is 0 Å². The molecule has 0 saturated carbocycles. The maximum atomic E-state index is 13.6. The molecule has 0 amide bonds. The van der Waals surface area contributed by atoms with Crippen molar-refractivity contribution in [1.82, 2.24) is 4.65 Å². The van der Waals surface area contributed by atoms with Gasteiger partial charge in [0.15, 0.2) is 0 Å². The fraction of sp³-hybridized carbons (Fsp3) is 0.769. The molecule has 0 aliphatic carbocycles. The molecule has 0 saturated heterocycles. The van der Waals surface area contributed by atoms with E-state index in [9.17, 15) is 5.21 Å². The maximum absolute atomic E-state index is 13.6. The molecule has 1 aromatic rings. The zero-order valence-electron chi connectivity index (χ0n) is 19.0. The van der Waals surface area contributed by atoms with E-state index in [2.05, 4.69) is 13.8 Å². The first-order chi connectivity index (χ1) is 13.7. The molecule has 0 aliphatic heterocycles. The highest BCUT2D eigenvalue weighted by Crippen LogP contribution is 2.24. The molecule has 0 unspecified atom stereocenters. The van der Waals surface area contributed by atoms with E-state index in [1.165, 1.54) is 89.9 Å². The summed E-state index contributed by atoms with van der Waals surface area (Å²) in [5, 5.41) is 13.6. The number of hydrogen-bond acceptors (Lipinski definition) is 1. The Hall–Kier alpha value is -0.860. The highest BCUT2D eigenvalue weighted by molar-refractivity contribution is 5.43. The standard InChI is InChI=1S/C26H47NO/c1-3-5-7-9-11-13-15-20-24-27(28,26-22-18-17-19-23-26)25-21-16-14-12-10-8-6-4-2/h17-19,22-23H,3-16,20-21,24-25H2,1-2H3. The minimum Gasteiger partial charge on any atom is -0.627 e. The summed E-state index contributed by atoms with van der Waals surface area (Å²) in [4.78, 5) is 0. The minimum atomic E-state index is -0.119. The first-order valence-electron chi connectivity index (χ1n) is 12.4. The molecule has 0 bridgehead atoms. The summed E-state index contributed by atoms with van der Waals surface area (Å²) in [6.07, 6.45) is 20.6. The van der Waals surface area contributed by atoms with Crippen LogP contribution in [0, 0.1) is 5.21 Å². The molecule has 2 nitrogen and oxygen atoms in total. The lowest BCUT2D eigenvalue weighted by molar-refractivity contribution is 0.345. The van der Waals surface area contributed by atoms with E-state index in [1.807, 2.05) is 30.3 Å². The van der Waals surface area contributed by atoms with Crippen molar-refractivity contribution in [3.8, 4) is 0 Å². The molecule has 162 valence electrons. The van der Waals surface area contributed by atoms with Crippen molar-refractivity contribution in [3.63, 3.8) is 0 Å². The van der Waals surface area contributed by atoms with Crippen molar-refractivity contribution in [2.45, 2.75) is 117 Å². The van der Waals surface area contributed by atoms with Gasteiger partial charge in [-0.05, 0) is 37.8 Å². The number of rotatable bonds is 19. The molecule has 28 heavy (non-hydrogen) atoms. The Kier molecular flexibility index (Phi) is 15.3. The summed E-state index contributed by atoms with van der Waals surface area (Å²) in [5.74, 6) is 0. The van der Waals surface area contributed by atoms with Gasteiger partial charge in [-0.15, -0.1) is 0 Å². The van der Waals surface area contributed by atoms with E-state index < -0.39 is 0 Å². The number of nitrogens with zero attached hydrogens (tertiary/aromatic N) is 1. The van der Waals surface area contributed by atoms with Gasteiger partial charge in [0, 0.05) is 0 Å². The van der Waals surface area contributed by atoms with Crippen LogP contribution in [-0.2, 0) is 0 Å². The van der Waals surface area contributed by atoms with Crippen LogP contribution in [0.2, 0.25) is 0 Å². The maximum Gasteiger partial charge on any atom is 0.132 e. The quantitative estimate of drug-likeness (QED) is 0.132. The molecule has 0 fully saturated rings. The predicted molar refractivity (Wildman–Crippen MR) is 127 cm³/mol. The molecular formula is C26H47NO. The molecule has 2 heteroatoms. The van der Waals surface area contributed by atoms with Crippen LogP contribution in [0.4, 0.5) is 5.69 Å². The first-order valence-corrected chi connectivity index (χ1v) is 12.4. The second-order valence-corrected chi connectivity index (χ2v) is 8.62. The third kappa shape index (κ3) is 11.9. The number of unbranched alkanes of at least 4 members (excludes halogenated alkanes) is 14. The van der Waals surface area contributed by atoms with Crippen LogP contribution in [0.15, 0.2) is 30.3 Å². The fourth-order valence-electron chi connectivity index (χ4n) is 4.07. The molecule has 0 aliphatic rings. The molecule has 0 radical (unpaired) electrons. The van der Waals surface area contributed by atoms with E-state index in [1.54, 1.807) is 0 Å². The lowest BCUT2D eigenvalue weighted by Crippen LogP contribution is -2.44. The van der Waals surface area contributed by atoms with Crippen LogP contribution in [-0.4, -0.2) is 13.1 Å². The van der Waals surface area contributed by atoms with Gasteiger partial charge in [-0.25, -0.2) is 0 Å². The minimum absolute atomic E-state index is 0.119. The Morgan fingerprint density at radius 1 is 0.536 bits per heavy atom. The first kappa shape index (κ1) is 25.2. The zero-order chi connectivity index (χ0) is 20.3. The summed E-state index contributed by atoms with van der Waals surface area (Å²) in [6.45, 7) is 6.02. The average Bonchev–Trinajstić information content (AvgIpc) is 2.72. The topological polar surface area (TPSA) is 23.1 Å². The van der Waals surface area contributed by atoms with Crippen molar-refractivity contribution in [2.24, 2.45) is 0 Å². The van der Waals surface area contributed by atoms with Crippen LogP contribution in [0.25, 0.3) is 0 Å². The summed E-state index contributed by atoms with van der Waals surface area (Å²) >= 11 is 0. The number of hydrogen-bond donors (Lipinski definition) is 0. The van der Waals surface area contributed by atoms with Gasteiger partial charge in [-0.2, -0.15) is 0 Å². The van der Waals surface area contributed by atoms with Crippen LogP contribution in [0.1, 0.15) is 117 Å². The number of quaternary nitrogens is 1. The van der Waals surface area contributed by atoms with Crippen LogP contribution in [0.3, 0.4) is 0 Å². The van der Waals surface area contributed by atoms with Crippen LogP contribution < -0.4 is 4.65 Å². The van der Waals surface area contributed by atoms with Crippen molar-refractivity contribution in [1.29, 1.82) is 0 Å². The second-order valence-electron chi connectivity index (χ2n) is 8.62. The Balaban J connectivity index is 2.30. The van der Waals surface area contributed by atoms with Gasteiger partial charge >= 0.3 is 0 Å². The summed E-state index contributed by atoms with van der Waals surface area (Å²) in [6, 6.07) is 10.1. The summed E-state index contributed by atoms with van der Waals surface area (Å²) in [7, 11) is 0. The Morgan fingerprint density at radius 2 is 0.893 bits per heavy atom. The number of benzene rings is 1. The predicted octanol–water partition coefficient (Wildman–Crippen LogP) is 8.77. The van der Waals surface area contributed by atoms with E-state index in [-0.39, 0.29) is 4.65 Å². The van der Waals surface area contributed by atoms with Gasteiger partial charge in [0.1, 0.15) is 5.69 Å². The zero-order valence-corrected chi connectivity index (χ0v) is 19.0. The third-order valence-corrected chi connectivity index (χ3v) is 5.97. The van der Waals surface area contributed by atoms with Crippen molar-refractivity contribution in [3.05, 3.63) is 35.5 Å². The van der Waals surface area contributed by atoms with E-state index in [0.717, 1.165) is 31.6 Å². The molecule has 0 spiro atoms. The summed E-state index contributed by atoms with van der Waals surface area (Å²) in [5.41, 5.74) is 0.952. The molecule has 1 rings (SSSR count). The van der Waals surface area contributed by atoms with Crippen LogP contribution >= 0.6 is 0 Å². The normalized spacial score (nSPS) is 11.8. The Bertz CT molecular complexity index is 425. The van der Waals surface area contributed by atoms with Crippen molar-refractivity contribution < 1.29 is 0 Å². The molecule has 1 aromatic carbocycles. The van der Waals surface area contributed by atoms with Gasteiger partial charge in [-0.1, -0.05) is 109 Å². The highest BCUT2D eigenvalue weighted by Gasteiger charge is 2.19. The Labute approximate surface area is 175 Å². The van der Waals surface area contributed by atoms with Crippen molar-refractivity contribution in [2.75, 3.05) is 13.1 Å².